The number of aromatic nitrogens is 5. The van der Waals surface area contributed by atoms with Crippen molar-refractivity contribution in [3.05, 3.63) is 64.5 Å². The number of likely N-dealkylation sites (tertiary alicyclic amines) is 1. The molecule has 0 aliphatic carbocycles. The predicted molar refractivity (Wildman–Crippen MR) is 117 cm³/mol. The molecule has 4 aromatic rings. The van der Waals surface area contributed by atoms with Crippen molar-refractivity contribution >= 4 is 21.9 Å². The van der Waals surface area contributed by atoms with Crippen molar-refractivity contribution in [1.29, 1.82) is 0 Å². The van der Waals surface area contributed by atoms with Gasteiger partial charge in [-0.2, -0.15) is 5.10 Å². The molecule has 1 saturated heterocycles. The average molecular weight is 403 g/mol. The van der Waals surface area contributed by atoms with Crippen LogP contribution in [0.3, 0.4) is 0 Å². The standard InChI is InChI=1S/C23H26N6O/c1-14(2)29-22-18(10-25-29)23(30)27-21(26-22)19-13-28(11-15(19)3)12-16-8-17-6-4-5-7-20(17)24-9-16/h4-10,14-15,19H,11-13H2,1-3H3,(H,26,27,30)/t15-,19-/m1/s1. The Kier molecular flexibility index (Phi) is 4.62. The van der Waals surface area contributed by atoms with Crippen LogP contribution in [0.25, 0.3) is 21.9 Å². The van der Waals surface area contributed by atoms with Gasteiger partial charge >= 0.3 is 0 Å². The van der Waals surface area contributed by atoms with Crippen LogP contribution in [0, 0.1) is 5.92 Å². The zero-order valence-electron chi connectivity index (χ0n) is 17.5. The Morgan fingerprint density at radius 1 is 1.20 bits per heavy atom. The first-order valence-electron chi connectivity index (χ1n) is 10.5. The van der Waals surface area contributed by atoms with Gasteiger partial charge in [0.15, 0.2) is 5.65 Å². The van der Waals surface area contributed by atoms with Gasteiger partial charge < -0.3 is 4.98 Å². The van der Waals surface area contributed by atoms with Gasteiger partial charge in [0, 0.05) is 43.2 Å². The molecule has 7 nitrogen and oxygen atoms in total. The zero-order valence-corrected chi connectivity index (χ0v) is 17.5. The van der Waals surface area contributed by atoms with Crippen LogP contribution in [0.15, 0.2) is 47.5 Å². The largest absolute Gasteiger partial charge is 0.310 e. The van der Waals surface area contributed by atoms with E-state index in [4.69, 9.17) is 4.98 Å². The quantitative estimate of drug-likeness (QED) is 0.565. The van der Waals surface area contributed by atoms with Crippen molar-refractivity contribution in [2.24, 2.45) is 5.92 Å². The third kappa shape index (κ3) is 3.29. The zero-order chi connectivity index (χ0) is 20.8. The van der Waals surface area contributed by atoms with Crippen LogP contribution >= 0.6 is 0 Å². The Morgan fingerprint density at radius 2 is 2.03 bits per heavy atom. The van der Waals surface area contributed by atoms with Crippen molar-refractivity contribution in [3.63, 3.8) is 0 Å². The molecule has 2 atom stereocenters. The fraction of sp³-hybridized carbons (Fsp3) is 0.391. The van der Waals surface area contributed by atoms with Crippen molar-refractivity contribution in [1.82, 2.24) is 29.6 Å². The Bertz CT molecular complexity index is 1270. The van der Waals surface area contributed by atoms with Crippen molar-refractivity contribution in [2.75, 3.05) is 13.1 Å². The fourth-order valence-electron chi connectivity index (χ4n) is 4.52. The Hall–Kier alpha value is -3.06. The molecular formula is C23H26N6O. The minimum absolute atomic E-state index is 0.105. The Balaban J connectivity index is 1.41. The van der Waals surface area contributed by atoms with Crippen LogP contribution in [0.1, 0.15) is 44.1 Å². The molecule has 1 N–H and O–H groups in total. The summed E-state index contributed by atoms with van der Waals surface area (Å²) in [7, 11) is 0. The van der Waals surface area contributed by atoms with Gasteiger partial charge in [0.1, 0.15) is 11.2 Å². The summed E-state index contributed by atoms with van der Waals surface area (Å²) < 4.78 is 1.83. The second-order valence-electron chi connectivity index (χ2n) is 8.69. The molecule has 1 aromatic carbocycles. The lowest BCUT2D eigenvalue weighted by Crippen LogP contribution is -2.21. The number of nitrogens with one attached hydrogen (secondary N) is 1. The molecule has 3 aromatic heterocycles. The van der Waals surface area contributed by atoms with Gasteiger partial charge in [-0.25, -0.2) is 9.67 Å². The first kappa shape index (κ1) is 18.9. The second kappa shape index (κ2) is 7.32. The van der Waals surface area contributed by atoms with Gasteiger partial charge in [-0.05, 0) is 37.5 Å². The van der Waals surface area contributed by atoms with Gasteiger partial charge in [-0.3, -0.25) is 14.7 Å². The molecule has 1 aliphatic heterocycles. The summed E-state index contributed by atoms with van der Waals surface area (Å²) in [5.41, 5.74) is 2.79. The molecule has 0 bridgehead atoms. The minimum atomic E-state index is -0.105. The van der Waals surface area contributed by atoms with Gasteiger partial charge in [0.25, 0.3) is 5.56 Å². The van der Waals surface area contributed by atoms with Crippen LogP contribution in [-0.4, -0.2) is 42.7 Å². The molecule has 154 valence electrons. The Labute approximate surface area is 174 Å². The number of H-pyrrole nitrogens is 1. The highest BCUT2D eigenvalue weighted by atomic mass is 16.1. The van der Waals surface area contributed by atoms with E-state index in [-0.39, 0.29) is 17.5 Å². The maximum absolute atomic E-state index is 12.6. The molecule has 30 heavy (non-hydrogen) atoms. The molecule has 0 saturated carbocycles. The molecule has 5 rings (SSSR count). The van der Waals surface area contributed by atoms with Gasteiger partial charge in [0.2, 0.25) is 0 Å². The normalized spacial score (nSPS) is 20.0. The van der Waals surface area contributed by atoms with Gasteiger partial charge in [-0.1, -0.05) is 25.1 Å². The number of para-hydroxylation sites is 1. The van der Waals surface area contributed by atoms with Crippen LogP contribution in [0.4, 0.5) is 0 Å². The number of hydrogen-bond acceptors (Lipinski definition) is 5. The lowest BCUT2D eigenvalue weighted by molar-refractivity contribution is 0.318. The minimum Gasteiger partial charge on any atom is -0.310 e. The second-order valence-corrected chi connectivity index (χ2v) is 8.69. The highest BCUT2D eigenvalue weighted by Crippen LogP contribution is 2.31. The molecule has 1 fully saturated rings. The topological polar surface area (TPSA) is 79.7 Å². The number of fused-ring (bicyclic) bond motifs is 2. The molecule has 4 heterocycles. The van der Waals surface area contributed by atoms with Gasteiger partial charge in [-0.15, -0.1) is 0 Å². The third-order valence-electron chi connectivity index (χ3n) is 6.06. The number of rotatable bonds is 4. The lowest BCUT2D eigenvalue weighted by Gasteiger charge is -2.16. The van der Waals surface area contributed by atoms with Crippen molar-refractivity contribution < 1.29 is 0 Å². The predicted octanol–water partition coefficient (Wildman–Crippen LogP) is 3.48. The van der Waals surface area contributed by atoms with Crippen LogP contribution in [0.5, 0.6) is 0 Å². The van der Waals surface area contributed by atoms with Crippen LogP contribution in [-0.2, 0) is 6.54 Å². The van der Waals surface area contributed by atoms with E-state index in [0.29, 0.717) is 17.0 Å². The van der Waals surface area contributed by atoms with E-state index >= 15 is 0 Å². The molecule has 0 spiro atoms. The number of aromatic amines is 1. The highest BCUT2D eigenvalue weighted by molar-refractivity contribution is 5.78. The number of benzene rings is 1. The van der Waals surface area contributed by atoms with Crippen molar-refractivity contribution in [3.8, 4) is 0 Å². The third-order valence-corrected chi connectivity index (χ3v) is 6.06. The van der Waals surface area contributed by atoms with E-state index in [9.17, 15) is 4.79 Å². The maximum Gasteiger partial charge on any atom is 0.262 e. The van der Waals surface area contributed by atoms with E-state index in [0.717, 1.165) is 36.4 Å². The van der Waals surface area contributed by atoms with Crippen LogP contribution in [0.2, 0.25) is 0 Å². The molecule has 0 radical (unpaired) electrons. The average Bonchev–Trinajstić information content (AvgIpc) is 3.31. The summed E-state index contributed by atoms with van der Waals surface area (Å²) in [5.74, 6) is 1.35. The Morgan fingerprint density at radius 3 is 2.87 bits per heavy atom. The highest BCUT2D eigenvalue weighted by Gasteiger charge is 2.33. The summed E-state index contributed by atoms with van der Waals surface area (Å²) in [5, 5.41) is 6.07. The summed E-state index contributed by atoms with van der Waals surface area (Å²) in [4.78, 5) is 27.5. The monoisotopic (exact) mass is 402 g/mol. The van der Waals surface area contributed by atoms with E-state index in [2.05, 4.69) is 39.0 Å². The molecule has 0 amide bonds. The molecule has 7 heteroatoms. The first-order chi connectivity index (χ1) is 14.5. The fourth-order valence-corrected chi connectivity index (χ4v) is 4.52. The molecular weight excluding hydrogens is 376 g/mol. The molecule has 0 unspecified atom stereocenters. The summed E-state index contributed by atoms with van der Waals surface area (Å²) >= 11 is 0. The number of hydrogen-bond donors (Lipinski definition) is 1. The van der Waals surface area contributed by atoms with E-state index in [1.807, 2.05) is 42.9 Å². The molecule has 1 aliphatic rings. The summed E-state index contributed by atoms with van der Waals surface area (Å²) in [6.45, 7) is 8.99. The van der Waals surface area contributed by atoms with E-state index in [1.165, 1.54) is 5.56 Å². The van der Waals surface area contributed by atoms with E-state index in [1.54, 1.807) is 6.20 Å². The first-order valence-corrected chi connectivity index (χ1v) is 10.5. The van der Waals surface area contributed by atoms with E-state index < -0.39 is 0 Å². The SMILES string of the molecule is CC(C)n1ncc2c(=O)[nH]c([C@@H]3CN(Cc4cnc5ccccc5c4)C[C@H]3C)nc21. The van der Waals surface area contributed by atoms with Gasteiger partial charge in [0.05, 0.1) is 11.7 Å². The van der Waals surface area contributed by atoms with Crippen molar-refractivity contribution in [2.45, 2.75) is 39.3 Å². The summed E-state index contributed by atoms with van der Waals surface area (Å²) in [6, 6.07) is 10.6. The number of nitrogens with zero attached hydrogens (tertiary/aromatic N) is 5. The lowest BCUT2D eigenvalue weighted by atomic mass is 9.97. The number of pyridine rings is 1. The summed E-state index contributed by atoms with van der Waals surface area (Å²) in [6.07, 6.45) is 3.58. The smallest absolute Gasteiger partial charge is 0.262 e. The van der Waals surface area contributed by atoms with Crippen LogP contribution < -0.4 is 5.56 Å². The maximum atomic E-state index is 12.6.